The molecule has 2 atom stereocenters. The van der Waals surface area contributed by atoms with Gasteiger partial charge in [0, 0.05) is 120 Å². The number of esters is 1. The third kappa shape index (κ3) is 16.7. The van der Waals surface area contributed by atoms with Crippen molar-refractivity contribution < 1.29 is 28.8 Å². The summed E-state index contributed by atoms with van der Waals surface area (Å²) in [5.74, 6) is -1.14. The summed E-state index contributed by atoms with van der Waals surface area (Å²) in [6.07, 6.45) is 18.0. The SMILES string of the molecule is CCOC(=O)/C=C(/c1cccnc1)c1ccc2n[nH]c(Cl)c2c1.CNCCC(c1cccnc1)c1ccc2n[nH]c(Cl)c2c1.CNOC(=O)/C=C(/c1cccnc1)c1ccc2n[nH]c(Cl)c2c1.CNOC(=O)CC(c1cccnc1)c1ccc2n[nH]c(Cl)c2c1. The Morgan fingerprint density at radius 2 is 0.889 bits per heavy atom. The van der Waals surface area contributed by atoms with Gasteiger partial charge in [0.1, 0.15) is 20.6 Å². The van der Waals surface area contributed by atoms with Crippen molar-refractivity contribution in [2.45, 2.75) is 31.6 Å². The molecule has 8 aromatic heterocycles. The Balaban J connectivity index is 0.000000142. The van der Waals surface area contributed by atoms with E-state index in [0.717, 1.165) is 95.5 Å². The third-order valence-electron chi connectivity index (χ3n) is 13.9. The number of nitrogens with zero attached hydrogens (tertiary/aromatic N) is 8. The minimum atomic E-state index is -0.509. The van der Waals surface area contributed by atoms with Crippen molar-refractivity contribution in [3.05, 3.63) is 248 Å². The number of carbonyl (C=O) groups excluding carboxylic acids is 3. The van der Waals surface area contributed by atoms with Crippen LogP contribution in [0, 0.1) is 0 Å². The van der Waals surface area contributed by atoms with Crippen LogP contribution in [0.15, 0.2) is 183 Å². The number of fused-ring (bicyclic) bond motifs is 4. The van der Waals surface area contributed by atoms with Gasteiger partial charge in [-0.2, -0.15) is 31.4 Å². The van der Waals surface area contributed by atoms with Crippen molar-refractivity contribution in [1.29, 1.82) is 0 Å². The molecule has 458 valence electrons. The number of hydrogen-bond donors (Lipinski definition) is 7. The van der Waals surface area contributed by atoms with Crippen LogP contribution in [-0.2, 0) is 28.8 Å². The molecular formula is C65H59Cl4N15O6. The quantitative estimate of drug-likeness (QED) is 0.0182. The molecule has 21 nitrogen and oxygen atoms in total. The number of hydroxylamine groups is 2. The molecule has 0 aliphatic carbocycles. The van der Waals surface area contributed by atoms with E-state index >= 15 is 0 Å². The number of ether oxygens (including phenoxy) is 1. The predicted octanol–water partition coefficient (Wildman–Crippen LogP) is 12.5. The zero-order valence-electron chi connectivity index (χ0n) is 48.8. The van der Waals surface area contributed by atoms with Gasteiger partial charge in [-0.3, -0.25) is 45.1 Å². The number of H-pyrrole nitrogens is 4. The molecule has 8 heterocycles. The molecule has 12 aromatic rings. The van der Waals surface area contributed by atoms with Crippen LogP contribution in [0.3, 0.4) is 0 Å². The van der Waals surface area contributed by atoms with Crippen LogP contribution in [-0.4, -0.2) is 113 Å². The minimum Gasteiger partial charge on any atom is -0.463 e. The highest BCUT2D eigenvalue weighted by atomic mass is 35.5. The maximum absolute atomic E-state index is 11.9. The first-order chi connectivity index (χ1) is 43.8. The summed E-state index contributed by atoms with van der Waals surface area (Å²) in [5, 5.41) is 36.0. The fraction of sp³-hybridized carbons (Fsp3) is 0.154. The molecule has 0 radical (unpaired) electrons. The summed E-state index contributed by atoms with van der Waals surface area (Å²) >= 11 is 24.5. The molecule has 90 heavy (non-hydrogen) atoms. The zero-order valence-corrected chi connectivity index (χ0v) is 51.9. The predicted molar refractivity (Wildman–Crippen MR) is 349 cm³/mol. The number of nitrogens with one attached hydrogen (secondary N) is 7. The molecule has 0 fully saturated rings. The van der Waals surface area contributed by atoms with Crippen LogP contribution >= 0.6 is 46.4 Å². The molecule has 12 rings (SSSR count). The van der Waals surface area contributed by atoms with Crippen LogP contribution in [0.2, 0.25) is 20.6 Å². The Labute approximate surface area is 535 Å². The molecule has 25 heteroatoms. The van der Waals surface area contributed by atoms with Gasteiger partial charge >= 0.3 is 17.9 Å². The number of carbonyl (C=O) groups is 3. The van der Waals surface area contributed by atoms with Gasteiger partial charge in [-0.15, -0.1) is 0 Å². The van der Waals surface area contributed by atoms with Gasteiger partial charge in [0.15, 0.2) is 0 Å². The molecule has 0 aliphatic heterocycles. The van der Waals surface area contributed by atoms with Crippen molar-refractivity contribution in [2.75, 3.05) is 34.3 Å². The second kappa shape index (κ2) is 32.0. The summed E-state index contributed by atoms with van der Waals surface area (Å²) < 4.78 is 5.03. The molecule has 0 saturated carbocycles. The second-order valence-corrected chi connectivity index (χ2v) is 21.1. The average Bonchev–Trinajstić information content (AvgIpc) is 2.77. The number of rotatable bonds is 18. The second-order valence-electron chi connectivity index (χ2n) is 19.6. The number of hydrogen-bond acceptors (Lipinski definition) is 17. The minimum absolute atomic E-state index is 0.181. The summed E-state index contributed by atoms with van der Waals surface area (Å²) in [4.78, 5) is 61.9. The lowest BCUT2D eigenvalue weighted by atomic mass is 9.89. The largest absolute Gasteiger partial charge is 0.463 e. The topological polar surface area (TPSA) is 281 Å². The van der Waals surface area contributed by atoms with Crippen LogP contribution in [0.1, 0.15) is 76.1 Å². The number of aromatic amines is 4. The monoisotopic (exact) mass is 1290 g/mol. The third-order valence-corrected chi connectivity index (χ3v) is 15.1. The van der Waals surface area contributed by atoms with E-state index in [4.69, 9.17) is 60.8 Å². The molecule has 0 bridgehead atoms. The maximum atomic E-state index is 11.9. The Hall–Kier alpha value is -9.71. The van der Waals surface area contributed by atoms with Crippen LogP contribution in [0.25, 0.3) is 54.8 Å². The first-order valence-electron chi connectivity index (χ1n) is 28.0. The van der Waals surface area contributed by atoms with Crippen molar-refractivity contribution >= 4 is 119 Å². The summed E-state index contributed by atoms with van der Waals surface area (Å²) in [6.45, 7) is 3.03. The van der Waals surface area contributed by atoms with Crippen LogP contribution in [0.5, 0.6) is 0 Å². The summed E-state index contributed by atoms with van der Waals surface area (Å²) in [7, 11) is 5.04. The van der Waals surface area contributed by atoms with E-state index in [0.29, 0.717) is 38.7 Å². The lowest BCUT2D eigenvalue weighted by Gasteiger charge is -2.17. The number of benzene rings is 4. The normalized spacial score (nSPS) is 12.0. The maximum Gasteiger partial charge on any atom is 0.350 e. The molecule has 0 amide bonds. The molecule has 0 spiro atoms. The zero-order chi connectivity index (χ0) is 63.4. The van der Waals surface area contributed by atoms with Crippen molar-refractivity contribution in [3.8, 4) is 0 Å². The average molecular weight is 1290 g/mol. The fourth-order valence-corrected chi connectivity index (χ4v) is 10.5. The van der Waals surface area contributed by atoms with Gasteiger partial charge in [-0.25, -0.2) is 9.59 Å². The Bertz CT molecular complexity index is 4270. The standard InChI is InChI=1S/C17H14ClN3O2.C16H15ClN4O2.C16H13ClN4O2.C16H17ClN4/c1-2-23-16(22)9-13(12-4-3-7-19-10-12)11-5-6-15-14(8-11)17(18)21-20-15;2*1-18-23-15(22)8-12(11-3-2-6-19-9-11)10-4-5-14-13(7-10)16(17)21-20-14;1-18-8-6-13(12-3-2-7-19-10-12)11-4-5-15-14(9-11)16(17)21-20-15/h3-10H,2H2,1H3,(H,20,21);2-7,9,12,18H,8H2,1H3,(H,20,21);2-9,18H,1H3,(H,20,21);2-5,7,9-10,13,18H,6,8H2,1H3,(H,20,21)/b13-9+;;12-8+;. The number of halogens is 4. The molecule has 0 saturated heterocycles. The highest BCUT2D eigenvalue weighted by Crippen LogP contribution is 2.35. The van der Waals surface area contributed by atoms with Gasteiger partial charge in [-0.1, -0.05) is 94.9 Å². The molecule has 2 unspecified atom stereocenters. The van der Waals surface area contributed by atoms with E-state index in [1.807, 2.05) is 110 Å². The van der Waals surface area contributed by atoms with E-state index < -0.39 is 11.9 Å². The van der Waals surface area contributed by atoms with Gasteiger partial charge in [0.2, 0.25) is 0 Å². The lowest BCUT2D eigenvalue weighted by Crippen LogP contribution is -2.18. The van der Waals surface area contributed by atoms with Gasteiger partial charge in [0.25, 0.3) is 0 Å². The van der Waals surface area contributed by atoms with E-state index in [2.05, 4.69) is 95.2 Å². The Kier molecular flexibility index (Phi) is 23.0. The number of aromatic nitrogens is 12. The van der Waals surface area contributed by atoms with Crippen molar-refractivity contribution in [3.63, 3.8) is 0 Å². The molecule has 0 aliphatic rings. The highest BCUT2D eigenvalue weighted by Gasteiger charge is 2.22. The lowest BCUT2D eigenvalue weighted by molar-refractivity contribution is -0.150. The van der Waals surface area contributed by atoms with E-state index in [1.54, 1.807) is 63.4 Å². The first-order valence-corrected chi connectivity index (χ1v) is 29.5. The van der Waals surface area contributed by atoms with Crippen LogP contribution in [0.4, 0.5) is 0 Å². The van der Waals surface area contributed by atoms with Crippen LogP contribution < -0.4 is 16.3 Å². The first kappa shape index (κ1) is 64.8. The highest BCUT2D eigenvalue weighted by molar-refractivity contribution is 6.35. The van der Waals surface area contributed by atoms with Gasteiger partial charge in [0.05, 0.1) is 35.1 Å². The van der Waals surface area contributed by atoms with E-state index in [-0.39, 0.29) is 18.3 Å². The molecular weight excluding hydrogens is 1230 g/mol. The Morgan fingerprint density at radius 1 is 0.478 bits per heavy atom. The van der Waals surface area contributed by atoms with Gasteiger partial charge < -0.3 is 19.7 Å². The van der Waals surface area contributed by atoms with Crippen molar-refractivity contribution in [2.24, 2.45) is 0 Å². The fourth-order valence-electron chi connectivity index (χ4n) is 9.71. The van der Waals surface area contributed by atoms with E-state index in [9.17, 15) is 14.4 Å². The number of pyridine rings is 4. The van der Waals surface area contributed by atoms with Crippen molar-refractivity contribution in [1.82, 2.24) is 77.0 Å². The summed E-state index contributed by atoms with van der Waals surface area (Å²) in [6, 6.07) is 38.4. The summed E-state index contributed by atoms with van der Waals surface area (Å²) in [5.41, 5.74) is 16.9. The Morgan fingerprint density at radius 3 is 1.30 bits per heavy atom. The van der Waals surface area contributed by atoms with E-state index in [1.165, 1.54) is 30.3 Å². The smallest absolute Gasteiger partial charge is 0.350 e. The molecule has 7 N–H and O–H groups in total. The van der Waals surface area contributed by atoms with Gasteiger partial charge in [-0.05, 0) is 144 Å². The molecule has 4 aromatic carbocycles.